The molecule has 0 atom stereocenters. The van der Waals surface area contributed by atoms with Gasteiger partial charge in [-0.15, -0.1) is 0 Å². The van der Waals surface area contributed by atoms with Gasteiger partial charge < -0.3 is 5.11 Å². The average Bonchev–Trinajstić information content (AvgIpc) is 2.13. The van der Waals surface area contributed by atoms with Crippen molar-refractivity contribution in [2.75, 3.05) is 0 Å². The average molecular weight is 196 g/mol. The molecule has 0 saturated heterocycles. The lowest BCUT2D eigenvalue weighted by Gasteiger charge is -2.01. The Labute approximate surface area is 78.2 Å². The summed E-state index contributed by atoms with van der Waals surface area (Å²) in [6, 6.07) is 3.78. The summed E-state index contributed by atoms with van der Waals surface area (Å²) < 4.78 is 13.0. The van der Waals surface area contributed by atoms with Crippen LogP contribution in [0.15, 0.2) is 12.1 Å². The van der Waals surface area contributed by atoms with Gasteiger partial charge in [0.1, 0.15) is 0 Å². The van der Waals surface area contributed by atoms with Gasteiger partial charge in [0.2, 0.25) is 5.82 Å². The van der Waals surface area contributed by atoms with Gasteiger partial charge in [0.05, 0.1) is 17.4 Å². The number of phenolic OH excluding ortho intramolecular Hbond substituents is 1. The lowest BCUT2D eigenvalue weighted by Crippen LogP contribution is -1.95. The Morgan fingerprint density at radius 2 is 2.29 bits per heavy atom. The third kappa shape index (κ3) is 1.61. The lowest BCUT2D eigenvalue weighted by molar-refractivity contribution is -0.387. The Hall–Kier alpha value is -2.16. The summed E-state index contributed by atoms with van der Waals surface area (Å²) in [6.45, 7) is 0. The van der Waals surface area contributed by atoms with Crippen molar-refractivity contribution in [3.8, 4) is 11.8 Å². The molecule has 0 radical (unpaired) electrons. The van der Waals surface area contributed by atoms with Gasteiger partial charge in [0.25, 0.3) is 0 Å². The zero-order valence-corrected chi connectivity index (χ0v) is 6.90. The van der Waals surface area contributed by atoms with Crippen LogP contribution in [0.2, 0.25) is 0 Å². The highest BCUT2D eigenvalue weighted by atomic mass is 19.1. The quantitative estimate of drug-likeness (QED) is 0.573. The molecule has 1 aromatic carbocycles. The van der Waals surface area contributed by atoms with Crippen LogP contribution in [0.1, 0.15) is 5.56 Å². The Bertz CT molecular complexity index is 425. The second-order valence-electron chi connectivity index (χ2n) is 2.50. The fourth-order valence-corrected chi connectivity index (χ4v) is 0.963. The zero-order valence-electron chi connectivity index (χ0n) is 6.90. The molecule has 0 aliphatic carbocycles. The molecular weight excluding hydrogens is 191 g/mol. The van der Waals surface area contributed by atoms with E-state index in [2.05, 4.69) is 0 Å². The standard InChI is InChI=1S/C8H5FN2O3/c9-7-6(11(13)14)2-1-5(3-4-10)8(7)12/h1-2,12H,3H2. The molecule has 6 heteroatoms. The van der Waals surface area contributed by atoms with Crippen LogP contribution in [-0.4, -0.2) is 10.0 Å². The number of benzene rings is 1. The Balaban J connectivity index is 3.27. The maximum absolute atomic E-state index is 13.0. The fraction of sp³-hybridized carbons (Fsp3) is 0.125. The van der Waals surface area contributed by atoms with Crippen molar-refractivity contribution in [2.45, 2.75) is 6.42 Å². The minimum Gasteiger partial charge on any atom is -0.504 e. The molecule has 0 saturated carbocycles. The van der Waals surface area contributed by atoms with Crippen LogP contribution < -0.4 is 0 Å². The molecule has 1 N–H and O–H groups in total. The topological polar surface area (TPSA) is 87.2 Å². The van der Waals surface area contributed by atoms with E-state index in [-0.39, 0.29) is 12.0 Å². The van der Waals surface area contributed by atoms with Crippen LogP contribution in [0.25, 0.3) is 0 Å². The molecule has 0 amide bonds. The summed E-state index contributed by atoms with van der Waals surface area (Å²) in [4.78, 5) is 9.29. The number of nitro benzene ring substituents is 1. The van der Waals surface area contributed by atoms with Crippen molar-refractivity contribution in [1.29, 1.82) is 5.26 Å². The van der Waals surface area contributed by atoms with E-state index >= 15 is 0 Å². The largest absolute Gasteiger partial charge is 0.504 e. The van der Waals surface area contributed by atoms with E-state index in [1.807, 2.05) is 0 Å². The molecule has 0 heterocycles. The molecule has 72 valence electrons. The Morgan fingerprint density at radius 1 is 1.64 bits per heavy atom. The van der Waals surface area contributed by atoms with E-state index in [0.717, 1.165) is 12.1 Å². The van der Waals surface area contributed by atoms with Gasteiger partial charge in [-0.2, -0.15) is 9.65 Å². The van der Waals surface area contributed by atoms with E-state index < -0.39 is 22.2 Å². The Kier molecular flexibility index (Phi) is 2.62. The molecule has 0 spiro atoms. The third-order valence-corrected chi connectivity index (χ3v) is 1.65. The first-order chi connectivity index (χ1) is 6.57. The highest BCUT2D eigenvalue weighted by Gasteiger charge is 2.20. The first kappa shape index (κ1) is 9.92. The molecule has 1 rings (SSSR count). The number of nitrogens with zero attached hydrogens (tertiary/aromatic N) is 2. The SMILES string of the molecule is N#CCc1ccc([N+](=O)[O-])c(F)c1O. The van der Waals surface area contributed by atoms with E-state index in [4.69, 9.17) is 10.4 Å². The van der Waals surface area contributed by atoms with E-state index in [0.29, 0.717) is 0 Å². The van der Waals surface area contributed by atoms with Gasteiger partial charge in [0.15, 0.2) is 5.75 Å². The van der Waals surface area contributed by atoms with Crippen LogP contribution in [0.5, 0.6) is 5.75 Å². The molecule has 0 unspecified atom stereocenters. The minimum absolute atomic E-state index is 0.0376. The summed E-state index contributed by atoms with van der Waals surface area (Å²) in [5.41, 5.74) is -0.764. The first-order valence-electron chi connectivity index (χ1n) is 3.59. The van der Waals surface area contributed by atoms with Crippen LogP contribution in [0, 0.1) is 27.3 Å². The van der Waals surface area contributed by atoms with Crippen molar-refractivity contribution in [3.63, 3.8) is 0 Å². The third-order valence-electron chi connectivity index (χ3n) is 1.65. The number of halogens is 1. The molecule has 1 aromatic rings. The molecule has 14 heavy (non-hydrogen) atoms. The highest BCUT2D eigenvalue weighted by Crippen LogP contribution is 2.29. The van der Waals surface area contributed by atoms with Crippen LogP contribution in [0.4, 0.5) is 10.1 Å². The predicted molar refractivity (Wildman–Crippen MR) is 44.0 cm³/mol. The number of hydrogen-bond acceptors (Lipinski definition) is 4. The summed E-state index contributed by atoms with van der Waals surface area (Å²) in [5, 5.41) is 27.7. The molecule has 0 aromatic heterocycles. The van der Waals surface area contributed by atoms with Crippen molar-refractivity contribution in [1.82, 2.24) is 0 Å². The maximum atomic E-state index is 13.0. The van der Waals surface area contributed by atoms with Gasteiger partial charge in [-0.1, -0.05) is 0 Å². The van der Waals surface area contributed by atoms with E-state index in [1.165, 1.54) is 0 Å². The van der Waals surface area contributed by atoms with Crippen LogP contribution in [-0.2, 0) is 6.42 Å². The van der Waals surface area contributed by atoms with Crippen molar-refractivity contribution in [2.24, 2.45) is 0 Å². The summed E-state index contributed by atoms with van der Waals surface area (Å²) >= 11 is 0. The number of nitriles is 1. The van der Waals surface area contributed by atoms with Gasteiger partial charge in [-0.3, -0.25) is 10.1 Å². The summed E-state index contributed by atoms with van der Waals surface area (Å²) in [6.07, 6.45) is -0.194. The van der Waals surface area contributed by atoms with Gasteiger partial charge in [-0.05, 0) is 6.07 Å². The molecule has 0 aliphatic rings. The molecule has 0 bridgehead atoms. The monoisotopic (exact) mass is 196 g/mol. The van der Waals surface area contributed by atoms with E-state index in [9.17, 15) is 14.5 Å². The fourth-order valence-electron chi connectivity index (χ4n) is 0.963. The van der Waals surface area contributed by atoms with Crippen molar-refractivity contribution in [3.05, 3.63) is 33.6 Å². The normalized spacial score (nSPS) is 9.43. The first-order valence-corrected chi connectivity index (χ1v) is 3.59. The highest BCUT2D eigenvalue weighted by molar-refractivity contribution is 5.46. The zero-order chi connectivity index (χ0) is 10.7. The summed E-state index contributed by atoms with van der Waals surface area (Å²) in [5.74, 6) is -2.14. The number of phenols is 1. The predicted octanol–water partition coefficient (Wildman–Crippen LogP) is 1.51. The second kappa shape index (κ2) is 3.70. The molecule has 0 fully saturated rings. The second-order valence-corrected chi connectivity index (χ2v) is 2.50. The van der Waals surface area contributed by atoms with Crippen LogP contribution in [0.3, 0.4) is 0 Å². The number of hydrogen-bond donors (Lipinski definition) is 1. The lowest BCUT2D eigenvalue weighted by atomic mass is 10.1. The molecule has 0 aliphatic heterocycles. The number of rotatable bonds is 2. The Morgan fingerprint density at radius 3 is 2.79 bits per heavy atom. The maximum Gasteiger partial charge on any atom is 0.308 e. The number of aromatic hydroxyl groups is 1. The van der Waals surface area contributed by atoms with Gasteiger partial charge >= 0.3 is 5.69 Å². The van der Waals surface area contributed by atoms with Crippen molar-refractivity contribution < 1.29 is 14.4 Å². The molecular formula is C8H5FN2O3. The van der Waals surface area contributed by atoms with E-state index in [1.54, 1.807) is 6.07 Å². The summed E-state index contributed by atoms with van der Waals surface area (Å²) in [7, 11) is 0. The smallest absolute Gasteiger partial charge is 0.308 e. The number of nitro groups is 1. The van der Waals surface area contributed by atoms with Crippen LogP contribution >= 0.6 is 0 Å². The van der Waals surface area contributed by atoms with Gasteiger partial charge in [0, 0.05) is 11.6 Å². The molecule has 5 nitrogen and oxygen atoms in total. The van der Waals surface area contributed by atoms with Gasteiger partial charge in [-0.25, -0.2) is 0 Å². The minimum atomic E-state index is -1.30. The van der Waals surface area contributed by atoms with Crippen molar-refractivity contribution >= 4 is 5.69 Å².